The van der Waals surface area contributed by atoms with Gasteiger partial charge in [0.15, 0.2) is 0 Å². The van der Waals surface area contributed by atoms with Crippen LogP contribution in [0.3, 0.4) is 0 Å². The van der Waals surface area contributed by atoms with E-state index in [0.717, 1.165) is 0 Å². The number of ether oxygens (including phenoxy) is 1. The molecule has 0 aromatic rings. The number of β-lactam (4-membered cyclic amide) rings is 1. The minimum Gasteiger partial charge on any atom is -0.478 e. The highest BCUT2D eigenvalue weighted by molar-refractivity contribution is 5.88. The van der Waals surface area contributed by atoms with Gasteiger partial charge in [0.2, 0.25) is 12.1 Å². The summed E-state index contributed by atoms with van der Waals surface area (Å²) >= 11 is 0. The van der Waals surface area contributed by atoms with E-state index in [1.807, 2.05) is 0 Å². The van der Waals surface area contributed by atoms with Crippen molar-refractivity contribution in [3.05, 3.63) is 0 Å². The topological polar surface area (TPSA) is 66.8 Å². The highest BCUT2D eigenvalue weighted by Crippen LogP contribution is 2.29. The van der Waals surface area contributed by atoms with Crippen molar-refractivity contribution >= 4 is 11.9 Å². The van der Waals surface area contributed by atoms with E-state index in [4.69, 9.17) is 9.84 Å². The van der Waals surface area contributed by atoms with Crippen LogP contribution in [0.25, 0.3) is 0 Å². The van der Waals surface area contributed by atoms with Crippen LogP contribution < -0.4 is 0 Å². The van der Waals surface area contributed by atoms with Crippen LogP contribution in [0, 0.1) is 0 Å². The SMILES string of the molecule is O=C(O)C1OCC2CC(=O)N21. The Labute approximate surface area is 62.5 Å². The molecule has 1 amide bonds. The van der Waals surface area contributed by atoms with Gasteiger partial charge in [-0.3, -0.25) is 4.79 Å². The predicted octanol–water partition coefficient (Wildman–Crippen LogP) is -0.972. The Hall–Kier alpha value is -1.10. The number of amides is 1. The number of hydrogen-bond donors (Lipinski definition) is 1. The Morgan fingerprint density at radius 2 is 2.45 bits per heavy atom. The molecular formula is C6H7NO4. The van der Waals surface area contributed by atoms with E-state index in [1.165, 1.54) is 4.90 Å². The number of carboxylic acid groups (broad SMARTS) is 1. The summed E-state index contributed by atoms with van der Waals surface area (Å²) in [6.45, 7) is 0.364. The van der Waals surface area contributed by atoms with Gasteiger partial charge in [-0.15, -0.1) is 0 Å². The molecule has 11 heavy (non-hydrogen) atoms. The first-order chi connectivity index (χ1) is 5.20. The van der Waals surface area contributed by atoms with Crippen molar-refractivity contribution < 1.29 is 19.4 Å². The molecule has 0 bridgehead atoms. The highest BCUT2D eigenvalue weighted by Gasteiger charge is 2.49. The molecule has 5 nitrogen and oxygen atoms in total. The largest absolute Gasteiger partial charge is 0.478 e. The van der Waals surface area contributed by atoms with Crippen molar-refractivity contribution in [3.8, 4) is 0 Å². The van der Waals surface area contributed by atoms with Gasteiger partial charge >= 0.3 is 5.97 Å². The van der Waals surface area contributed by atoms with E-state index in [1.54, 1.807) is 0 Å². The molecule has 5 heteroatoms. The molecule has 2 saturated heterocycles. The molecular weight excluding hydrogens is 150 g/mol. The first-order valence-electron chi connectivity index (χ1n) is 3.35. The van der Waals surface area contributed by atoms with Crippen molar-refractivity contribution in [3.63, 3.8) is 0 Å². The molecule has 0 aromatic carbocycles. The lowest BCUT2D eigenvalue weighted by atomic mass is 10.0. The minimum atomic E-state index is -1.08. The second-order valence-electron chi connectivity index (χ2n) is 2.68. The van der Waals surface area contributed by atoms with E-state index < -0.39 is 12.2 Å². The van der Waals surface area contributed by atoms with E-state index in [2.05, 4.69) is 0 Å². The highest BCUT2D eigenvalue weighted by atomic mass is 16.5. The molecule has 0 aromatic heterocycles. The van der Waals surface area contributed by atoms with Gasteiger partial charge in [-0.2, -0.15) is 0 Å². The summed E-state index contributed by atoms with van der Waals surface area (Å²) < 4.78 is 4.88. The Morgan fingerprint density at radius 3 is 2.91 bits per heavy atom. The molecule has 0 spiro atoms. The van der Waals surface area contributed by atoms with Crippen LogP contribution in [0.2, 0.25) is 0 Å². The quantitative estimate of drug-likeness (QED) is 0.497. The third-order valence-corrected chi connectivity index (χ3v) is 2.00. The zero-order chi connectivity index (χ0) is 8.01. The zero-order valence-electron chi connectivity index (χ0n) is 5.69. The molecule has 0 aliphatic carbocycles. The number of carbonyl (C=O) groups is 2. The summed E-state index contributed by atoms with van der Waals surface area (Å²) in [4.78, 5) is 22.5. The van der Waals surface area contributed by atoms with Crippen LogP contribution in [-0.4, -0.2) is 40.8 Å². The number of fused-ring (bicyclic) bond motifs is 1. The van der Waals surface area contributed by atoms with E-state index in [9.17, 15) is 9.59 Å². The van der Waals surface area contributed by atoms with Crippen LogP contribution >= 0.6 is 0 Å². The lowest BCUT2D eigenvalue weighted by Crippen LogP contribution is -2.55. The molecule has 0 saturated carbocycles. The molecule has 0 radical (unpaired) electrons. The Kier molecular flexibility index (Phi) is 1.17. The van der Waals surface area contributed by atoms with Gasteiger partial charge in [0.25, 0.3) is 0 Å². The minimum absolute atomic E-state index is 0.0172. The van der Waals surface area contributed by atoms with Crippen LogP contribution in [0.15, 0.2) is 0 Å². The molecule has 1 N–H and O–H groups in total. The number of aliphatic carboxylic acids is 1. The first-order valence-corrected chi connectivity index (χ1v) is 3.35. The van der Waals surface area contributed by atoms with E-state index in [0.29, 0.717) is 13.0 Å². The monoisotopic (exact) mass is 157 g/mol. The molecule has 2 atom stereocenters. The van der Waals surface area contributed by atoms with E-state index in [-0.39, 0.29) is 11.9 Å². The molecule has 2 fully saturated rings. The lowest BCUT2D eigenvalue weighted by Gasteiger charge is -2.34. The van der Waals surface area contributed by atoms with Gasteiger partial charge in [-0.1, -0.05) is 0 Å². The number of carboxylic acids is 1. The summed E-state index contributed by atoms with van der Waals surface area (Å²) in [6.07, 6.45) is -0.592. The average molecular weight is 157 g/mol. The first kappa shape index (κ1) is 6.60. The summed E-state index contributed by atoms with van der Waals surface area (Å²) in [6, 6.07) is 0.0172. The molecule has 2 rings (SSSR count). The van der Waals surface area contributed by atoms with Gasteiger partial charge in [0.05, 0.1) is 12.6 Å². The summed E-state index contributed by atoms with van der Waals surface area (Å²) in [7, 11) is 0. The second kappa shape index (κ2) is 1.94. The molecule has 2 heterocycles. The fraction of sp³-hybridized carbons (Fsp3) is 0.667. The average Bonchev–Trinajstić information content (AvgIpc) is 2.25. The van der Waals surface area contributed by atoms with Crippen LogP contribution in [0.5, 0.6) is 0 Å². The van der Waals surface area contributed by atoms with Crippen molar-refractivity contribution in [1.82, 2.24) is 4.90 Å². The van der Waals surface area contributed by atoms with Gasteiger partial charge in [-0.05, 0) is 0 Å². The van der Waals surface area contributed by atoms with Crippen molar-refractivity contribution in [2.24, 2.45) is 0 Å². The molecule has 2 aliphatic heterocycles. The summed E-state index contributed by atoms with van der Waals surface area (Å²) in [5.74, 6) is -1.21. The third-order valence-electron chi connectivity index (χ3n) is 2.00. The summed E-state index contributed by atoms with van der Waals surface area (Å²) in [5.41, 5.74) is 0. The number of rotatable bonds is 1. The van der Waals surface area contributed by atoms with Gasteiger partial charge in [-0.25, -0.2) is 4.79 Å². The van der Waals surface area contributed by atoms with Gasteiger partial charge in [0.1, 0.15) is 0 Å². The maximum Gasteiger partial charge on any atom is 0.354 e. The van der Waals surface area contributed by atoms with E-state index >= 15 is 0 Å². The van der Waals surface area contributed by atoms with Crippen molar-refractivity contribution in [2.75, 3.05) is 6.61 Å². The standard InChI is InChI=1S/C6H7NO4/c8-4-1-3-2-11-5(6(9)10)7(3)4/h3,5H,1-2H2,(H,9,10). The lowest BCUT2D eigenvalue weighted by molar-refractivity contribution is -0.166. The Bertz CT molecular complexity index is 219. The van der Waals surface area contributed by atoms with Crippen molar-refractivity contribution in [1.29, 1.82) is 0 Å². The number of hydrogen-bond acceptors (Lipinski definition) is 3. The Morgan fingerprint density at radius 1 is 1.73 bits per heavy atom. The predicted molar refractivity (Wildman–Crippen MR) is 32.6 cm³/mol. The summed E-state index contributed by atoms with van der Waals surface area (Å²) in [5, 5.41) is 8.53. The zero-order valence-corrected chi connectivity index (χ0v) is 5.69. The maximum atomic E-state index is 10.8. The fourth-order valence-electron chi connectivity index (χ4n) is 1.43. The smallest absolute Gasteiger partial charge is 0.354 e. The van der Waals surface area contributed by atoms with Gasteiger partial charge < -0.3 is 14.7 Å². The normalized spacial score (nSPS) is 34.9. The Balaban J connectivity index is 2.14. The molecule has 60 valence electrons. The van der Waals surface area contributed by atoms with Gasteiger partial charge in [0, 0.05) is 6.42 Å². The third kappa shape index (κ3) is 0.742. The maximum absolute atomic E-state index is 10.8. The fourth-order valence-corrected chi connectivity index (χ4v) is 1.43. The number of nitrogens with zero attached hydrogens (tertiary/aromatic N) is 1. The molecule has 2 aliphatic rings. The number of carbonyl (C=O) groups excluding carboxylic acids is 1. The molecule has 2 unspecified atom stereocenters. The van der Waals surface area contributed by atoms with Crippen LogP contribution in [0.1, 0.15) is 6.42 Å². The van der Waals surface area contributed by atoms with Crippen molar-refractivity contribution in [2.45, 2.75) is 18.7 Å². The van der Waals surface area contributed by atoms with Crippen LogP contribution in [0.4, 0.5) is 0 Å². The second-order valence-corrected chi connectivity index (χ2v) is 2.68. The van der Waals surface area contributed by atoms with Crippen LogP contribution in [-0.2, 0) is 14.3 Å².